The molecule has 0 bridgehead atoms. The average Bonchev–Trinajstić information content (AvgIpc) is 3.54. The molecular weight excluding hydrogens is 522 g/mol. The van der Waals surface area contributed by atoms with Gasteiger partial charge < -0.3 is 19.5 Å². The molecule has 1 aliphatic heterocycles. The Morgan fingerprint density at radius 2 is 1.60 bits per heavy atom. The number of aliphatic hydroxyl groups is 1. The van der Waals surface area contributed by atoms with E-state index in [2.05, 4.69) is 8.75 Å². The number of carbonyl (C=O) groups is 1. The summed E-state index contributed by atoms with van der Waals surface area (Å²) in [6.45, 7) is 0.422. The van der Waals surface area contributed by atoms with Gasteiger partial charge in [0.15, 0.2) is 0 Å². The normalized spacial score (nSPS) is 16.8. The number of hydrogen-bond donors (Lipinski definition) is 1. The van der Waals surface area contributed by atoms with Gasteiger partial charge in [0.1, 0.15) is 23.4 Å². The van der Waals surface area contributed by atoms with Gasteiger partial charge in [-0.2, -0.15) is 8.75 Å². The molecule has 1 N–H and O–H groups in total. The van der Waals surface area contributed by atoms with Crippen LogP contribution in [0.1, 0.15) is 22.3 Å². The Hall–Kier alpha value is -4.53. The number of benzene rings is 4. The van der Waals surface area contributed by atoms with Crippen molar-refractivity contribution in [3.05, 3.63) is 125 Å². The van der Waals surface area contributed by atoms with Gasteiger partial charge in [-0.1, -0.05) is 48.5 Å². The summed E-state index contributed by atoms with van der Waals surface area (Å²) in [5, 5.41) is 12.0. The minimum absolute atomic E-state index is 0.310. The zero-order chi connectivity index (χ0) is 27.7. The van der Waals surface area contributed by atoms with E-state index in [0.717, 1.165) is 34.1 Å². The van der Waals surface area contributed by atoms with Crippen molar-refractivity contribution in [3.63, 3.8) is 0 Å². The molecule has 8 heteroatoms. The maximum atomic E-state index is 13.4. The molecule has 5 aromatic rings. The molecule has 2 heterocycles. The molecule has 6 rings (SSSR count). The third-order valence-electron chi connectivity index (χ3n) is 7.03. The molecule has 7 nitrogen and oxygen atoms in total. The number of anilines is 1. The van der Waals surface area contributed by atoms with E-state index in [9.17, 15) is 9.90 Å². The lowest BCUT2D eigenvalue weighted by atomic mass is 9.88. The van der Waals surface area contributed by atoms with Crippen LogP contribution in [0.3, 0.4) is 0 Å². The van der Waals surface area contributed by atoms with Gasteiger partial charge in [-0.05, 0) is 65.2 Å². The maximum Gasteiger partial charge on any atom is 0.342 e. The molecule has 40 heavy (non-hydrogen) atoms. The topological polar surface area (TPSA) is 84.8 Å². The highest BCUT2D eigenvalue weighted by Gasteiger charge is 2.48. The fraction of sp³-hybridized carbons (Fsp3) is 0.156. The van der Waals surface area contributed by atoms with Gasteiger partial charge in [0, 0.05) is 37.3 Å². The van der Waals surface area contributed by atoms with Crippen molar-refractivity contribution >= 4 is 40.0 Å². The van der Waals surface area contributed by atoms with Crippen LogP contribution < -0.4 is 9.64 Å². The number of fused-ring (bicyclic) bond motifs is 1. The summed E-state index contributed by atoms with van der Waals surface area (Å²) in [4.78, 5) is 15.4. The third-order valence-corrected chi connectivity index (χ3v) is 7.58. The Morgan fingerprint density at radius 3 is 2.33 bits per heavy atom. The van der Waals surface area contributed by atoms with E-state index >= 15 is 0 Å². The van der Waals surface area contributed by atoms with E-state index in [1.54, 1.807) is 24.3 Å². The number of carbonyl (C=O) groups excluding carboxylic acids is 1. The number of aromatic nitrogens is 2. The Labute approximate surface area is 236 Å². The van der Waals surface area contributed by atoms with Crippen LogP contribution in [0.4, 0.5) is 5.69 Å². The van der Waals surface area contributed by atoms with Crippen LogP contribution in [-0.2, 0) is 28.3 Å². The molecule has 0 amide bonds. The molecule has 1 atom stereocenters. The van der Waals surface area contributed by atoms with Crippen LogP contribution in [-0.4, -0.2) is 33.9 Å². The van der Waals surface area contributed by atoms with Crippen molar-refractivity contribution in [1.29, 1.82) is 0 Å². The van der Waals surface area contributed by atoms with Crippen LogP contribution in [0.2, 0.25) is 0 Å². The van der Waals surface area contributed by atoms with Gasteiger partial charge >= 0.3 is 5.97 Å². The van der Waals surface area contributed by atoms with Crippen LogP contribution in [0, 0.1) is 0 Å². The first kappa shape index (κ1) is 25.7. The summed E-state index contributed by atoms with van der Waals surface area (Å²) in [7, 11) is 3.96. The molecule has 1 unspecified atom stereocenters. The van der Waals surface area contributed by atoms with E-state index in [0.29, 0.717) is 46.6 Å². The van der Waals surface area contributed by atoms with Crippen LogP contribution in [0.15, 0.2) is 103 Å². The molecule has 0 saturated heterocycles. The second kappa shape index (κ2) is 10.6. The quantitative estimate of drug-likeness (QED) is 0.247. The second-order valence-corrected chi connectivity index (χ2v) is 10.4. The Bertz CT molecular complexity index is 1700. The molecule has 0 spiro atoms. The van der Waals surface area contributed by atoms with E-state index in [4.69, 9.17) is 9.47 Å². The van der Waals surface area contributed by atoms with Crippen LogP contribution in [0.25, 0.3) is 16.6 Å². The lowest BCUT2D eigenvalue weighted by Gasteiger charge is -2.26. The first-order valence-corrected chi connectivity index (χ1v) is 13.6. The van der Waals surface area contributed by atoms with Gasteiger partial charge in [-0.3, -0.25) is 0 Å². The molecule has 4 aromatic carbocycles. The molecule has 0 aliphatic carbocycles. The van der Waals surface area contributed by atoms with Gasteiger partial charge in [-0.15, -0.1) is 0 Å². The number of esters is 1. The molecule has 1 aromatic heterocycles. The summed E-state index contributed by atoms with van der Waals surface area (Å²) in [5.41, 5.74) is 6.36. The third kappa shape index (κ3) is 4.95. The van der Waals surface area contributed by atoms with Crippen LogP contribution in [0.5, 0.6) is 5.75 Å². The lowest BCUT2D eigenvalue weighted by Crippen LogP contribution is -2.29. The largest absolute Gasteiger partial charge is 0.489 e. The molecule has 1 aliphatic rings. The summed E-state index contributed by atoms with van der Waals surface area (Å²) in [6, 6.07) is 30.4. The zero-order valence-corrected chi connectivity index (χ0v) is 22.9. The molecule has 0 radical (unpaired) electrons. The van der Waals surface area contributed by atoms with Crippen molar-refractivity contribution in [2.45, 2.75) is 18.8 Å². The van der Waals surface area contributed by atoms with Crippen molar-refractivity contribution in [3.8, 4) is 5.75 Å². The minimum atomic E-state index is -1.94. The first-order chi connectivity index (χ1) is 19.4. The smallest absolute Gasteiger partial charge is 0.342 e. The number of ether oxygens (including phenoxy) is 2. The van der Waals surface area contributed by atoms with E-state index in [1.165, 1.54) is 0 Å². The predicted octanol–water partition coefficient (Wildman–Crippen LogP) is 5.73. The molecule has 200 valence electrons. The zero-order valence-electron chi connectivity index (χ0n) is 22.1. The van der Waals surface area contributed by atoms with E-state index < -0.39 is 11.8 Å². The van der Waals surface area contributed by atoms with Crippen molar-refractivity contribution < 1.29 is 19.4 Å². The predicted molar refractivity (Wildman–Crippen MR) is 156 cm³/mol. The number of nitrogens with zero attached hydrogens (tertiary/aromatic N) is 3. The summed E-state index contributed by atoms with van der Waals surface area (Å²) in [5.74, 6) is -1.89. The molecular formula is C32H27N3O4S. The highest BCUT2D eigenvalue weighted by atomic mass is 32.1. The minimum Gasteiger partial charge on any atom is -0.489 e. The lowest BCUT2D eigenvalue weighted by molar-refractivity contribution is -0.185. The fourth-order valence-electron chi connectivity index (χ4n) is 4.84. The van der Waals surface area contributed by atoms with E-state index in [-0.39, 0.29) is 0 Å². The fourth-order valence-corrected chi connectivity index (χ4v) is 5.36. The Kier molecular flexibility index (Phi) is 6.79. The van der Waals surface area contributed by atoms with Crippen molar-refractivity contribution in [2.75, 3.05) is 19.0 Å². The Balaban J connectivity index is 1.37. The van der Waals surface area contributed by atoms with E-state index in [1.807, 2.05) is 91.8 Å². The highest BCUT2D eigenvalue weighted by molar-refractivity contribution is 7.00. The second-order valence-electron chi connectivity index (χ2n) is 9.89. The Morgan fingerprint density at radius 1 is 0.875 bits per heavy atom. The number of hydrogen-bond acceptors (Lipinski definition) is 8. The monoisotopic (exact) mass is 549 g/mol. The molecule has 0 saturated carbocycles. The van der Waals surface area contributed by atoms with Gasteiger partial charge in [0.05, 0.1) is 17.3 Å². The van der Waals surface area contributed by atoms with Gasteiger partial charge in [0.25, 0.3) is 5.79 Å². The SMILES string of the molecule is CN(C)c1ccc(CC2=C(c3ccc4nsnc4c3)C(=O)OC2(O)c2ccc(OCc3ccccc3)cc2)cc1. The molecule has 0 fully saturated rings. The number of cyclic esters (lactones) is 1. The standard InChI is InChI=1S/C32H27N3O4S/c1-35(2)25-13-8-21(9-14-25)18-27-30(23-10-17-28-29(19-23)34-40-33-28)31(36)39-32(27,37)24-11-15-26(16-12-24)38-20-22-6-4-3-5-7-22/h3-17,19,37H,18,20H2,1-2H3. The van der Waals surface area contributed by atoms with Crippen molar-refractivity contribution in [1.82, 2.24) is 8.75 Å². The van der Waals surface area contributed by atoms with Crippen LogP contribution >= 0.6 is 11.7 Å². The van der Waals surface area contributed by atoms with Gasteiger partial charge in [-0.25, -0.2) is 4.79 Å². The summed E-state index contributed by atoms with van der Waals surface area (Å²) >= 11 is 1.11. The summed E-state index contributed by atoms with van der Waals surface area (Å²) < 4.78 is 20.3. The average molecular weight is 550 g/mol. The number of rotatable bonds is 8. The van der Waals surface area contributed by atoms with Gasteiger partial charge in [0.2, 0.25) is 0 Å². The van der Waals surface area contributed by atoms with Crippen molar-refractivity contribution in [2.24, 2.45) is 0 Å². The maximum absolute atomic E-state index is 13.4. The highest BCUT2D eigenvalue weighted by Crippen LogP contribution is 2.45. The first-order valence-electron chi connectivity index (χ1n) is 12.9. The summed E-state index contributed by atoms with van der Waals surface area (Å²) in [6.07, 6.45) is 0.310.